The molecule has 23 heavy (non-hydrogen) atoms. The Morgan fingerprint density at radius 2 is 1.96 bits per heavy atom. The fourth-order valence-electron chi connectivity index (χ4n) is 1.76. The van der Waals surface area contributed by atoms with Gasteiger partial charge < -0.3 is 16.8 Å². The van der Waals surface area contributed by atoms with E-state index in [9.17, 15) is 4.79 Å². The Labute approximate surface area is 142 Å². The number of halogens is 2. The van der Waals surface area contributed by atoms with Crippen LogP contribution in [0.3, 0.4) is 0 Å². The molecule has 0 fully saturated rings. The van der Waals surface area contributed by atoms with E-state index in [1.54, 1.807) is 36.5 Å². The number of nitrogens with zero attached hydrogens (tertiary/aromatic N) is 1. The van der Waals surface area contributed by atoms with Gasteiger partial charge in [0.1, 0.15) is 0 Å². The van der Waals surface area contributed by atoms with Crippen LogP contribution in [0.15, 0.2) is 47.6 Å². The number of hydrogen-bond acceptors (Lipinski definition) is 2. The third-order valence-corrected chi connectivity index (χ3v) is 3.29. The number of hydrazone groups is 1. The topological polar surface area (TPSA) is 107 Å². The summed E-state index contributed by atoms with van der Waals surface area (Å²) in [7, 11) is 0. The maximum absolute atomic E-state index is 12.2. The molecule has 0 heterocycles. The van der Waals surface area contributed by atoms with Gasteiger partial charge in [0.25, 0.3) is 11.9 Å². The summed E-state index contributed by atoms with van der Waals surface area (Å²) >= 11 is 11.8. The second kappa shape index (κ2) is 7.62. The Kier molecular flexibility index (Phi) is 5.56. The van der Waals surface area contributed by atoms with Crippen molar-refractivity contribution >= 4 is 47.0 Å². The van der Waals surface area contributed by atoms with Gasteiger partial charge in [-0.25, -0.2) is 0 Å². The second-order valence-corrected chi connectivity index (χ2v) is 5.36. The third-order valence-electron chi connectivity index (χ3n) is 2.75. The zero-order valence-electron chi connectivity index (χ0n) is 11.9. The van der Waals surface area contributed by atoms with E-state index in [-0.39, 0.29) is 16.9 Å². The van der Waals surface area contributed by atoms with E-state index >= 15 is 0 Å². The standard InChI is InChI=1S/C15H13Cl2N5O/c16-10-4-5-12(13(17)7-10)14(23)21-11-3-1-2-9(6-11)8-20-22-15(18)19/h1-8H,(H,21,23)(H4,18,19,22)/p+1/b20-8-. The molecule has 1 amide bonds. The van der Waals surface area contributed by atoms with Crippen LogP contribution in [0.5, 0.6) is 0 Å². The molecular formula is C15H14Cl2N5O+. The number of anilines is 1. The Morgan fingerprint density at radius 1 is 1.17 bits per heavy atom. The lowest BCUT2D eigenvalue weighted by Crippen LogP contribution is -2.63. The van der Waals surface area contributed by atoms with E-state index in [4.69, 9.17) is 34.7 Å². The van der Waals surface area contributed by atoms with Crippen LogP contribution < -0.4 is 21.9 Å². The van der Waals surface area contributed by atoms with Crippen molar-refractivity contribution < 1.29 is 9.90 Å². The summed E-state index contributed by atoms with van der Waals surface area (Å²) in [6, 6.07) is 11.8. The average Bonchev–Trinajstić information content (AvgIpc) is 2.47. The van der Waals surface area contributed by atoms with Crippen molar-refractivity contribution in [1.29, 1.82) is 0 Å². The monoisotopic (exact) mass is 350 g/mol. The zero-order valence-corrected chi connectivity index (χ0v) is 13.4. The number of nitrogens with two attached hydrogens (primary N) is 2. The molecule has 6 nitrogen and oxygen atoms in total. The van der Waals surface area contributed by atoms with Gasteiger partial charge in [0.15, 0.2) is 0 Å². The molecule has 0 unspecified atom stereocenters. The van der Waals surface area contributed by atoms with Crippen molar-refractivity contribution in [2.75, 3.05) is 5.32 Å². The van der Waals surface area contributed by atoms with Crippen LogP contribution in [0, 0.1) is 0 Å². The summed E-state index contributed by atoms with van der Waals surface area (Å²) in [6.45, 7) is 0. The predicted molar refractivity (Wildman–Crippen MR) is 92.8 cm³/mol. The number of hydrogen-bond donors (Lipinski definition) is 4. The van der Waals surface area contributed by atoms with Gasteiger partial charge in [0.2, 0.25) is 6.21 Å². The molecule has 0 aliphatic heterocycles. The lowest BCUT2D eigenvalue weighted by molar-refractivity contribution is -0.456. The van der Waals surface area contributed by atoms with Crippen molar-refractivity contribution in [2.24, 2.45) is 16.6 Å². The molecule has 8 heteroatoms. The van der Waals surface area contributed by atoms with Crippen LogP contribution in [0.2, 0.25) is 10.0 Å². The second-order valence-electron chi connectivity index (χ2n) is 4.51. The molecule has 0 aromatic heterocycles. The lowest BCUT2D eigenvalue weighted by Gasteiger charge is -2.07. The molecule has 2 aromatic carbocycles. The largest absolute Gasteiger partial charge is 0.365 e. The minimum Gasteiger partial charge on any atom is -0.365 e. The third kappa shape index (κ3) is 4.98. The van der Waals surface area contributed by atoms with Crippen molar-refractivity contribution in [1.82, 2.24) is 0 Å². The molecule has 118 valence electrons. The number of rotatable bonds is 4. The first kappa shape index (κ1) is 16.8. The summed E-state index contributed by atoms with van der Waals surface area (Å²) in [5.74, 6) is -0.413. The van der Waals surface area contributed by atoms with Crippen LogP contribution in [0.25, 0.3) is 0 Å². The average molecular weight is 351 g/mol. The van der Waals surface area contributed by atoms with Gasteiger partial charge in [-0.1, -0.05) is 29.3 Å². The van der Waals surface area contributed by atoms with Gasteiger partial charge in [0, 0.05) is 21.4 Å². The smallest absolute Gasteiger partial charge is 0.257 e. The van der Waals surface area contributed by atoms with E-state index < -0.39 is 0 Å². The van der Waals surface area contributed by atoms with E-state index in [1.165, 1.54) is 6.07 Å². The molecule has 0 atom stereocenters. The van der Waals surface area contributed by atoms with Crippen LogP contribution >= 0.6 is 23.2 Å². The van der Waals surface area contributed by atoms with Crippen molar-refractivity contribution in [3.8, 4) is 0 Å². The quantitative estimate of drug-likeness (QED) is 0.374. The summed E-state index contributed by atoms with van der Waals surface area (Å²) < 4.78 is 0. The minimum atomic E-state index is -0.332. The molecule has 0 aliphatic carbocycles. The molecule has 0 saturated heterocycles. The fraction of sp³-hybridized carbons (Fsp3) is 0. The van der Waals surface area contributed by atoms with Gasteiger partial charge in [-0.05, 0) is 36.4 Å². The number of carbonyl (C=O) groups excluding carboxylic acids is 1. The van der Waals surface area contributed by atoms with Crippen LogP contribution in [-0.2, 0) is 0 Å². The van der Waals surface area contributed by atoms with Crippen LogP contribution in [-0.4, -0.2) is 18.1 Å². The molecule has 0 spiro atoms. The van der Waals surface area contributed by atoms with E-state index in [0.717, 1.165) is 5.56 Å². The van der Waals surface area contributed by atoms with Gasteiger partial charge in [-0.15, -0.1) is 5.10 Å². The molecule has 0 aliphatic rings. The van der Waals surface area contributed by atoms with Crippen LogP contribution in [0.4, 0.5) is 5.69 Å². The number of nitrogens with one attached hydrogen (secondary N) is 2. The molecule has 0 saturated carbocycles. The molecular weight excluding hydrogens is 337 g/mol. The molecule has 0 bridgehead atoms. The first-order valence-corrected chi connectivity index (χ1v) is 7.25. The first-order valence-electron chi connectivity index (χ1n) is 6.49. The Bertz CT molecular complexity index is 785. The van der Waals surface area contributed by atoms with Gasteiger partial charge in [0.05, 0.1) is 10.6 Å². The highest BCUT2D eigenvalue weighted by Gasteiger charge is 2.11. The summed E-state index contributed by atoms with van der Waals surface area (Å²) in [6.07, 6.45) is 1.59. The van der Waals surface area contributed by atoms with Gasteiger partial charge in [-0.3, -0.25) is 4.79 Å². The summed E-state index contributed by atoms with van der Waals surface area (Å²) in [5, 5.41) is 9.73. The summed E-state index contributed by atoms with van der Waals surface area (Å²) in [5.41, 5.74) is 12.1. The lowest BCUT2D eigenvalue weighted by atomic mass is 10.2. The SMILES string of the molecule is NC(N)=N/[NH+]=C\c1cccc(NC(=O)c2ccc(Cl)cc2Cl)c1. The van der Waals surface area contributed by atoms with Crippen molar-refractivity contribution in [2.45, 2.75) is 0 Å². The fourth-order valence-corrected chi connectivity index (χ4v) is 2.25. The van der Waals surface area contributed by atoms with Gasteiger partial charge in [-0.2, -0.15) is 0 Å². The van der Waals surface area contributed by atoms with Crippen molar-refractivity contribution in [3.63, 3.8) is 0 Å². The Morgan fingerprint density at radius 3 is 2.65 bits per heavy atom. The maximum atomic E-state index is 12.2. The van der Waals surface area contributed by atoms with E-state index in [1.807, 2.05) is 6.07 Å². The van der Waals surface area contributed by atoms with Crippen LogP contribution in [0.1, 0.15) is 15.9 Å². The van der Waals surface area contributed by atoms with E-state index in [0.29, 0.717) is 16.3 Å². The number of amides is 1. The summed E-state index contributed by atoms with van der Waals surface area (Å²) in [4.78, 5) is 12.2. The Hall–Kier alpha value is -2.57. The first-order chi connectivity index (χ1) is 11.0. The number of carbonyl (C=O) groups is 1. The van der Waals surface area contributed by atoms with Crippen molar-refractivity contribution in [3.05, 3.63) is 63.6 Å². The minimum absolute atomic E-state index is 0.0805. The number of guanidine groups is 1. The van der Waals surface area contributed by atoms with Gasteiger partial charge >= 0.3 is 0 Å². The normalized spacial score (nSPS) is 10.5. The Balaban J connectivity index is 2.15. The number of benzene rings is 2. The maximum Gasteiger partial charge on any atom is 0.257 e. The highest BCUT2D eigenvalue weighted by molar-refractivity contribution is 6.37. The zero-order chi connectivity index (χ0) is 16.8. The molecule has 6 N–H and O–H groups in total. The highest BCUT2D eigenvalue weighted by atomic mass is 35.5. The predicted octanol–water partition coefficient (Wildman–Crippen LogP) is 0.934. The highest BCUT2D eigenvalue weighted by Crippen LogP contribution is 2.22. The molecule has 2 aromatic rings. The molecule has 2 rings (SSSR count). The molecule has 0 radical (unpaired) electrons. The van der Waals surface area contributed by atoms with E-state index in [2.05, 4.69) is 15.5 Å².